The Labute approximate surface area is 131 Å². The quantitative estimate of drug-likeness (QED) is 0.892. The van der Waals surface area contributed by atoms with Crippen molar-refractivity contribution < 1.29 is 4.79 Å². The van der Waals surface area contributed by atoms with Crippen LogP contribution in [0.3, 0.4) is 0 Å². The Kier molecular flexibility index (Phi) is 5.20. The van der Waals surface area contributed by atoms with Gasteiger partial charge in [0.2, 0.25) is 0 Å². The second-order valence-electron chi connectivity index (χ2n) is 5.50. The van der Waals surface area contributed by atoms with Gasteiger partial charge >= 0.3 is 0 Å². The number of nitrogens with two attached hydrogens (primary N) is 1. The smallest absolute Gasteiger partial charge is 0.274 e. The van der Waals surface area contributed by atoms with E-state index in [0.717, 1.165) is 37.2 Å². The van der Waals surface area contributed by atoms with E-state index in [1.807, 2.05) is 36.1 Å². The van der Waals surface area contributed by atoms with E-state index in [9.17, 15) is 4.79 Å². The number of benzene rings is 1. The Bertz CT molecular complexity index is 642. The lowest BCUT2D eigenvalue weighted by Gasteiger charge is -2.20. The number of nitrogen functional groups attached to an aromatic ring is 1. The number of hydrogen-bond donors (Lipinski definition) is 1. The van der Waals surface area contributed by atoms with Gasteiger partial charge in [-0.2, -0.15) is 5.10 Å². The van der Waals surface area contributed by atoms with Crippen LogP contribution in [-0.4, -0.2) is 33.7 Å². The van der Waals surface area contributed by atoms with Crippen molar-refractivity contribution >= 4 is 11.7 Å². The lowest BCUT2D eigenvalue weighted by Crippen LogP contribution is -2.32. The summed E-state index contributed by atoms with van der Waals surface area (Å²) >= 11 is 0. The summed E-state index contributed by atoms with van der Waals surface area (Å²) in [6.07, 6.45) is 1.86. The molecule has 0 radical (unpaired) electrons. The Morgan fingerprint density at radius 2 is 1.91 bits per heavy atom. The molecule has 0 aliphatic rings. The van der Waals surface area contributed by atoms with Crippen molar-refractivity contribution in [3.8, 4) is 5.69 Å². The highest BCUT2D eigenvalue weighted by molar-refractivity contribution is 5.93. The first-order chi connectivity index (χ1) is 10.6. The lowest BCUT2D eigenvalue weighted by molar-refractivity contribution is 0.0749. The van der Waals surface area contributed by atoms with E-state index in [1.165, 1.54) is 0 Å². The zero-order valence-corrected chi connectivity index (χ0v) is 13.5. The average Bonchev–Trinajstić information content (AvgIpc) is 2.88. The Hall–Kier alpha value is -2.30. The van der Waals surface area contributed by atoms with Gasteiger partial charge in [-0.05, 0) is 37.5 Å². The molecule has 2 N–H and O–H groups in total. The molecule has 5 nitrogen and oxygen atoms in total. The van der Waals surface area contributed by atoms with Crippen LogP contribution in [0.1, 0.15) is 42.7 Å². The highest BCUT2D eigenvalue weighted by Crippen LogP contribution is 2.17. The molecule has 0 bridgehead atoms. The fourth-order valence-corrected chi connectivity index (χ4v) is 2.48. The molecule has 0 saturated heterocycles. The average molecular weight is 300 g/mol. The second-order valence-corrected chi connectivity index (χ2v) is 5.50. The van der Waals surface area contributed by atoms with Gasteiger partial charge < -0.3 is 10.6 Å². The molecule has 22 heavy (non-hydrogen) atoms. The summed E-state index contributed by atoms with van der Waals surface area (Å²) in [7, 11) is 0. The van der Waals surface area contributed by atoms with Gasteiger partial charge in [0.1, 0.15) is 5.82 Å². The maximum Gasteiger partial charge on any atom is 0.274 e. The number of amides is 1. The minimum absolute atomic E-state index is 0.0539. The summed E-state index contributed by atoms with van der Waals surface area (Å²) in [5, 5.41) is 4.41. The molecule has 1 aromatic carbocycles. The van der Waals surface area contributed by atoms with Crippen molar-refractivity contribution in [3.63, 3.8) is 0 Å². The van der Waals surface area contributed by atoms with E-state index >= 15 is 0 Å². The van der Waals surface area contributed by atoms with Crippen LogP contribution >= 0.6 is 0 Å². The maximum absolute atomic E-state index is 12.6. The van der Waals surface area contributed by atoms with Gasteiger partial charge in [-0.3, -0.25) is 4.79 Å². The van der Waals surface area contributed by atoms with Crippen LogP contribution in [0.5, 0.6) is 0 Å². The van der Waals surface area contributed by atoms with E-state index in [-0.39, 0.29) is 5.91 Å². The van der Waals surface area contributed by atoms with E-state index in [2.05, 4.69) is 18.9 Å². The van der Waals surface area contributed by atoms with Gasteiger partial charge in [-0.1, -0.05) is 26.0 Å². The zero-order chi connectivity index (χ0) is 16.1. The Balaban J connectivity index is 2.30. The molecule has 0 aliphatic carbocycles. The van der Waals surface area contributed by atoms with Crippen LogP contribution in [0.15, 0.2) is 30.3 Å². The first-order valence-corrected chi connectivity index (χ1v) is 7.78. The second kappa shape index (κ2) is 7.11. The van der Waals surface area contributed by atoms with E-state index in [0.29, 0.717) is 11.5 Å². The molecular weight excluding hydrogens is 276 g/mol. The number of rotatable bonds is 6. The number of hydrogen-bond acceptors (Lipinski definition) is 3. The first-order valence-electron chi connectivity index (χ1n) is 7.78. The Morgan fingerprint density at radius 1 is 1.23 bits per heavy atom. The molecule has 0 aliphatic heterocycles. The predicted molar refractivity (Wildman–Crippen MR) is 89.2 cm³/mol. The number of anilines is 1. The van der Waals surface area contributed by atoms with Crippen molar-refractivity contribution in [1.82, 2.24) is 14.7 Å². The highest BCUT2D eigenvalue weighted by Gasteiger charge is 2.19. The van der Waals surface area contributed by atoms with Crippen LogP contribution in [0.4, 0.5) is 5.82 Å². The summed E-state index contributed by atoms with van der Waals surface area (Å²) < 4.78 is 1.62. The number of aryl methyl sites for hydroxylation is 1. The van der Waals surface area contributed by atoms with Gasteiger partial charge in [0.25, 0.3) is 5.91 Å². The van der Waals surface area contributed by atoms with Crippen LogP contribution in [0.25, 0.3) is 5.69 Å². The normalized spacial score (nSPS) is 10.7. The monoisotopic (exact) mass is 300 g/mol. The number of carbonyl (C=O) groups excluding carboxylic acids is 1. The van der Waals surface area contributed by atoms with E-state index < -0.39 is 0 Å². The van der Waals surface area contributed by atoms with Gasteiger partial charge in [0.05, 0.1) is 5.69 Å². The molecule has 0 atom stereocenters. The van der Waals surface area contributed by atoms with Gasteiger partial charge in [0.15, 0.2) is 5.69 Å². The van der Waals surface area contributed by atoms with Crippen molar-refractivity contribution in [2.24, 2.45) is 0 Å². The topological polar surface area (TPSA) is 64.2 Å². The van der Waals surface area contributed by atoms with Crippen LogP contribution in [0, 0.1) is 6.92 Å². The summed E-state index contributed by atoms with van der Waals surface area (Å²) in [5.74, 6) is 0.420. The third-order valence-electron chi connectivity index (χ3n) is 3.48. The van der Waals surface area contributed by atoms with E-state index in [4.69, 9.17) is 5.73 Å². The zero-order valence-electron chi connectivity index (χ0n) is 13.5. The molecule has 0 saturated carbocycles. The molecule has 1 aromatic heterocycles. The van der Waals surface area contributed by atoms with Crippen LogP contribution in [0.2, 0.25) is 0 Å². The summed E-state index contributed by atoms with van der Waals surface area (Å²) in [4.78, 5) is 14.4. The number of nitrogens with zero attached hydrogens (tertiary/aromatic N) is 3. The maximum atomic E-state index is 12.6. The molecule has 0 fully saturated rings. The summed E-state index contributed by atoms with van der Waals surface area (Å²) in [6, 6.07) is 9.55. The predicted octanol–water partition coefficient (Wildman–Crippen LogP) is 3.03. The molecule has 2 aromatic rings. The lowest BCUT2D eigenvalue weighted by atomic mass is 10.2. The van der Waals surface area contributed by atoms with Crippen molar-refractivity contribution in [2.45, 2.75) is 33.6 Å². The molecule has 2 rings (SSSR count). The fourth-order valence-electron chi connectivity index (χ4n) is 2.48. The third-order valence-corrected chi connectivity index (χ3v) is 3.48. The van der Waals surface area contributed by atoms with Gasteiger partial charge in [0, 0.05) is 19.2 Å². The Morgan fingerprint density at radius 3 is 2.50 bits per heavy atom. The van der Waals surface area contributed by atoms with E-state index in [1.54, 1.807) is 10.7 Å². The molecule has 5 heteroatoms. The minimum Gasteiger partial charge on any atom is -0.384 e. The number of aromatic nitrogens is 2. The van der Waals surface area contributed by atoms with Gasteiger partial charge in [-0.25, -0.2) is 4.68 Å². The molecule has 1 amide bonds. The van der Waals surface area contributed by atoms with Crippen molar-refractivity contribution in [3.05, 3.63) is 41.6 Å². The molecule has 0 spiro atoms. The molecule has 118 valence electrons. The highest BCUT2D eigenvalue weighted by atomic mass is 16.2. The molecule has 0 unspecified atom stereocenters. The van der Waals surface area contributed by atoms with Crippen molar-refractivity contribution in [1.29, 1.82) is 0 Å². The van der Waals surface area contributed by atoms with Crippen LogP contribution < -0.4 is 5.73 Å². The minimum atomic E-state index is -0.0539. The number of carbonyl (C=O) groups is 1. The van der Waals surface area contributed by atoms with Crippen molar-refractivity contribution in [2.75, 3.05) is 18.8 Å². The molecule has 1 heterocycles. The largest absolute Gasteiger partial charge is 0.384 e. The summed E-state index contributed by atoms with van der Waals surface area (Å²) in [5.41, 5.74) is 8.44. The fraction of sp³-hybridized carbons (Fsp3) is 0.412. The van der Waals surface area contributed by atoms with Gasteiger partial charge in [-0.15, -0.1) is 0 Å². The van der Waals surface area contributed by atoms with Crippen LogP contribution in [-0.2, 0) is 0 Å². The first kappa shape index (κ1) is 16.1. The third kappa shape index (κ3) is 3.47. The summed E-state index contributed by atoms with van der Waals surface area (Å²) in [6.45, 7) is 7.62. The standard InChI is InChI=1S/C17H24N4O/c1-4-9-20(10-5-2)17(22)15-12-16(18)21(19-15)14-8-6-7-13(3)11-14/h6-8,11-12H,4-5,9-10,18H2,1-3H3. The molecular formula is C17H24N4O. The SMILES string of the molecule is CCCN(CCC)C(=O)c1cc(N)n(-c2cccc(C)c2)n1.